The minimum absolute atomic E-state index is 0.121. The minimum atomic E-state index is -5.16. The number of esters is 1. The van der Waals surface area contributed by atoms with Crippen molar-refractivity contribution in [3.05, 3.63) is 70.2 Å². The molecule has 8 heteroatoms. The number of isocyanates is 1. The van der Waals surface area contributed by atoms with Crippen LogP contribution in [0.2, 0.25) is 0 Å². The van der Waals surface area contributed by atoms with Gasteiger partial charge in [-0.3, -0.25) is 0 Å². The molecule has 2 rings (SSSR count). The first-order valence-electron chi connectivity index (χ1n) is 6.50. The van der Waals surface area contributed by atoms with Crippen molar-refractivity contribution in [1.29, 1.82) is 0 Å². The van der Waals surface area contributed by atoms with Crippen molar-refractivity contribution in [3.8, 4) is 0 Å². The summed E-state index contributed by atoms with van der Waals surface area (Å²) in [4.78, 5) is 25.6. The summed E-state index contributed by atoms with van der Waals surface area (Å²) >= 11 is 3.15. The molecule has 2 aromatic carbocycles. The Labute approximate surface area is 143 Å². The molecule has 1 atom stereocenters. The molecule has 0 fully saturated rings. The molecule has 0 radical (unpaired) electrons. The van der Waals surface area contributed by atoms with E-state index in [0.717, 1.165) is 18.2 Å². The van der Waals surface area contributed by atoms with Crippen LogP contribution >= 0.6 is 15.9 Å². The van der Waals surface area contributed by atoms with Crippen LogP contribution in [0.15, 0.2) is 64.1 Å². The average molecular weight is 400 g/mol. The largest absolute Gasteiger partial charge is 0.456 e. The number of nitrogens with zero attached hydrogens (tertiary/aromatic N) is 1. The van der Waals surface area contributed by atoms with Crippen molar-refractivity contribution in [2.45, 2.75) is 11.9 Å². The zero-order valence-corrected chi connectivity index (χ0v) is 13.5. The van der Waals surface area contributed by atoms with Crippen molar-refractivity contribution in [2.75, 3.05) is 0 Å². The summed E-state index contributed by atoms with van der Waals surface area (Å²) in [6.45, 7) is 0. The molecule has 124 valence electrons. The van der Waals surface area contributed by atoms with Crippen molar-refractivity contribution < 1.29 is 27.5 Å². The molecule has 1 unspecified atom stereocenters. The van der Waals surface area contributed by atoms with Crippen LogP contribution in [0.5, 0.6) is 0 Å². The summed E-state index contributed by atoms with van der Waals surface area (Å²) in [7, 11) is 0. The second-order valence-corrected chi connectivity index (χ2v) is 5.52. The van der Waals surface area contributed by atoms with Gasteiger partial charge in [0.15, 0.2) is 0 Å². The van der Waals surface area contributed by atoms with Crippen LogP contribution in [0.25, 0.3) is 0 Å². The number of aliphatic imine (C=N–C) groups is 1. The lowest BCUT2D eigenvalue weighted by Gasteiger charge is -2.30. The van der Waals surface area contributed by atoms with Crippen LogP contribution in [0.1, 0.15) is 15.9 Å². The molecular formula is C16H9BrF3NO3. The van der Waals surface area contributed by atoms with Crippen LogP contribution in [-0.2, 0) is 15.3 Å². The zero-order chi connectivity index (χ0) is 17.8. The molecule has 0 bridgehead atoms. The lowest BCUT2D eigenvalue weighted by molar-refractivity contribution is -0.262. The fourth-order valence-corrected chi connectivity index (χ4v) is 2.20. The number of carbonyl (C=O) groups is 1. The molecule has 4 nitrogen and oxygen atoms in total. The van der Waals surface area contributed by atoms with E-state index in [1.165, 1.54) is 42.5 Å². The minimum Gasteiger partial charge on any atom is -0.418 e. The van der Waals surface area contributed by atoms with E-state index in [4.69, 9.17) is 0 Å². The van der Waals surface area contributed by atoms with E-state index in [1.54, 1.807) is 0 Å². The SMILES string of the molecule is O=C=NC(OC(=O)c1ccc(Br)cc1)(c1ccccc1)C(F)(F)F. The van der Waals surface area contributed by atoms with Gasteiger partial charge in [-0.15, -0.1) is 4.99 Å². The number of rotatable bonds is 4. The summed E-state index contributed by atoms with van der Waals surface area (Å²) in [5, 5.41) is 0. The third-order valence-corrected chi connectivity index (χ3v) is 3.60. The fourth-order valence-electron chi connectivity index (χ4n) is 1.94. The Balaban J connectivity index is 2.52. The van der Waals surface area contributed by atoms with Gasteiger partial charge in [-0.05, 0) is 24.3 Å². The molecule has 2 aromatic rings. The maximum absolute atomic E-state index is 13.6. The first-order valence-corrected chi connectivity index (χ1v) is 7.29. The monoisotopic (exact) mass is 399 g/mol. The molecular weight excluding hydrogens is 391 g/mol. The molecule has 0 aliphatic rings. The highest BCUT2D eigenvalue weighted by molar-refractivity contribution is 9.10. The number of halogens is 4. The van der Waals surface area contributed by atoms with E-state index in [9.17, 15) is 22.8 Å². The molecule has 0 saturated carbocycles. The van der Waals surface area contributed by atoms with Crippen LogP contribution in [0.4, 0.5) is 13.2 Å². The van der Waals surface area contributed by atoms with Crippen LogP contribution in [0, 0.1) is 0 Å². The Morgan fingerprint density at radius 3 is 2.12 bits per heavy atom. The van der Waals surface area contributed by atoms with E-state index < -0.39 is 23.4 Å². The van der Waals surface area contributed by atoms with Crippen LogP contribution in [-0.4, -0.2) is 18.2 Å². The van der Waals surface area contributed by atoms with Gasteiger partial charge in [0, 0.05) is 10.0 Å². The number of alkyl halides is 3. The number of benzene rings is 2. The maximum atomic E-state index is 13.6. The summed E-state index contributed by atoms with van der Waals surface area (Å²) in [5.74, 6) is -1.28. The van der Waals surface area contributed by atoms with Gasteiger partial charge >= 0.3 is 17.9 Å². The van der Waals surface area contributed by atoms with Crippen molar-refractivity contribution >= 4 is 28.0 Å². The standard InChI is InChI=1S/C16H9BrF3NO3/c17-13-8-6-11(7-9-13)14(23)24-15(21-10-22,16(18,19)20)12-4-2-1-3-5-12/h1-9H. The summed E-state index contributed by atoms with van der Waals surface area (Å²) < 4.78 is 46.2. The predicted octanol–water partition coefficient (Wildman–Crippen LogP) is 4.36. The van der Waals surface area contributed by atoms with Crippen molar-refractivity contribution in [1.82, 2.24) is 0 Å². The topological polar surface area (TPSA) is 55.7 Å². The first-order chi connectivity index (χ1) is 11.3. The van der Waals surface area contributed by atoms with Gasteiger partial charge < -0.3 is 4.74 Å². The molecule has 0 amide bonds. The van der Waals surface area contributed by atoms with Gasteiger partial charge in [0.2, 0.25) is 6.08 Å². The van der Waals surface area contributed by atoms with Gasteiger partial charge in [-0.25, -0.2) is 9.59 Å². The molecule has 0 aliphatic carbocycles. The Morgan fingerprint density at radius 1 is 1.04 bits per heavy atom. The van der Waals surface area contributed by atoms with Crippen LogP contribution < -0.4 is 0 Å². The third-order valence-electron chi connectivity index (χ3n) is 3.07. The molecule has 0 saturated heterocycles. The van der Waals surface area contributed by atoms with E-state index in [-0.39, 0.29) is 5.56 Å². The van der Waals surface area contributed by atoms with Gasteiger partial charge in [-0.2, -0.15) is 13.2 Å². The second kappa shape index (κ2) is 6.98. The predicted molar refractivity (Wildman–Crippen MR) is 81.9 cm³/mol. The molecule has 0 heterocycles. The van der Waals surface area contributed by atoms with E-state index in [0.29, 0.717) is 4.47 Å². The van der Waals surface area contributed by atoms with Gasteiger partial charge in [0.1, 0.15) is 0 Å². The molecule has 0 N–H and O–H groups in total. The summed E-state index contributed by atoms with van der Waals surface area (Å²) in [6, 6.07) is 11.7. The van der Waals surface area contributed by atoms with E-state index in [1.807, 2.05) is 0 Å². The Morgan fingerprint density at radius 2 is 1.62 bits per heavy atom. The summed E-state index contributed by atoms with van der Waals surface area (Å²) in [5.41, 5.74) is -4.09. The quantitative estimate of drug-likeness (QED) is 0.436. The Hall–Kier alpha value is -2.44. The molecule has 0 aliphatic heterocycles. The highest BCUT2D eigenvalue weighted by atomic mass is 79.9. The second-order valence-electron chi connectivity index (χ2n) is 4.61. The van der Waals surface area contributed by atoms with Crippen LogP contribution in [0.3, 0.4) is 0 Å². The Kier molecular flexibility index (Phi) is 5.21. The third kappa shape index (κ3) is 3.55. The van der Waals surface area contributed by atoms with Crippen molar-refractivity contribution in [2.24, 2.45) is 4.99 Å². The number of hydrogen-bond acceptors (Lipinski definition) is 4. The number of carbonyl (C=O) groups excluding carboxylic acids is 2. The smallest absolute Gasteiger partial charge is 0.418 e. The number of ether oxygens (including phenoxy) is 1. The maximum Gasteiger partial charge on any atom is 0.456 e. The normalized spacial score (nSPS) is 13.5. The Bertz CT molecular complexity index is 771. The lowest BCUT2D eigenvalue weighted by Crippen LogP contribution is -2.44. The van der Waals surface area contributed by atoms with Gasteiger partial charge in [0.25, 0.3) is 0 Å². The van der Waals surface area contributed by atoms with Crippen molar-refractivity contribution in [3.63, 3.8) is 0 Å². The lowest BCUT2D eigenvalue weighted by atomic mass is 10.0. The molecule has 24 heavy (non-hydrogen) atoms. The zero-order valence-electron chi connectivity index (χ0n) is 11.9. The molecule has 0 aromatic heterocycles. The first kappa shape index (κ1) is 17.9. The highest BCUT2D eigenvalue weighted by Crippen LogP contribution is 2.43. The van der Waals surface area contributed by atoms with Gasteiger partial charge in [-0.1, -0.05) is 46.3 Å². The number of hydrogen-bond donors (Lipinski definition) is 0. The average Bonchev–Trinajstić information content (AvgIpc) is 2.54. The highest BCUT2D eigenvalue weighted by Gasteiger charge is 2.61. The fraction of sp³-hybridized carbons (Fsp3) is 0.125. The molecule has 0 spiro atoms. The van der Waals surface area contributed by atoms with E-state index >= 15 is 0 Å². The summed E-state index contributed by atoms with van der Waals surface area (Å²) in [6.07, 6.45) is -4.31. The van der Waals surface area contributed by atoms with Gasteiger partial charge in [0.05, 0.1) is 5.56 Å². The van der Waals surface area contributed by atoms with E-state index in [2.05, 4.69) is 25.7 Å².